The van der Waals surface area contributed by atoms with E-state index in [-0.39, 0.29) is 11.0 Å². The third kappa shape index (κ3) is 3.22. The summed E-state index contributed by atoms with van der Waals surface area (Å²) in [5, 5.41) is 2.99. The number of benzene rings is 2. The highest BCUT2D eigenvalue weighted by molar-refractivity contribution is 7.04. The van der Waals surface area contributed by atoms with Crippen LogP contribution >= 0.6 is 0 Å². The van der Waals surface area contributed by atoms with Gasteiger partial charge in [0.1, 0.15) is 8.07 Å². The van der Waals surface area contributed by atoms with Gasteiger partial charge in [-0.1, -0.05) is 111 Å². The van der Waals surface area contributed by atoms with E-state index < -0.39 is 8.07 Å². The van der Waals surface area contributed by atoms with E-state index in [1.54, 1.807) is 0 Å². The molecule has 0 N–H and O–H groups in total. The molecular weight excluding hydrogens is 356 g/mol. The normalized spacial score (nSPS) is 22.7. The maximum atomic E-state index is 13.4. The van der Waals surface area contributed by atoms with Crippen molar-refractivity contribution in [3.63, 3.8) is 0 Å². The van der Waals surface area contributed by atoms with Gasteiger partial charge in [-0.2, -0.15) is 0 Å². The zero-order chi connectivity index (χ0) is 19.8. The summed E-state index contributed by atoms with van der Waals surface area (Å²) in [5.74, 6) is 1.22. The Bertz CT molecular complexity index is 821. The van der Waals surface area contributed by atoms with E-state index >= 15 is 0 Å². The lowest BCUT2D eigenvalue weighted by molar-refractivity contribution is -0.119. The van der Waals surface area contributed by atoms with Crippen LogP contribution in [0, 0.1) is 11.8 Å². The van der Waals surface area contributed by atoms with E-state index in [0.29, 0.717) is 11.7 Å². The Hall–Kier alpha value is -1.93. The maximum absolute atomic E-state index is 13.4. The molecule has 2 aromatic rings. The first-order chi connectivity index (χ1) is 13.4. The van der Waals surface area contributed by atoms with Crippen molar-refractivity contribution in [3.05, 3.63) is 72.3 Å². The molecule has 4 rings (SSSR count). The van der Waals surface area contributed by atoms with Crippen molar-refractivity contribution in [1.29, 1.82) is 0 Å². The summed E-state index contributed by atoms with van der Waals surface area (Å²) in [6, 6.07) is 23.0. The van der Waals surface area contributed by atoms with Gasteiger partial charge in [-0.15, -0.1) is 0 Å². The molecule has 0 amide bonds. The molecule has 0 heterocycles. The van der Waals surface area contributed by atoms with Crippen LogP contribution in [0.5, 0.6) is 0 Å². The number of allylic oxidation sites excluding steroid dienone is 2. The molecule has 1 saturated carbocycles. The number of Topliss-reactive ketones (excluding diaryl/α,β-unsaturated/α-hetero) is 1. The smallest absolute Gasteiger partial charge is 0.161 e. The second-order valence-electron chi connectivity index (χ2n) is 9.68. The molecule has 2 aliphatic carbocycles. The molecule has 0 aliphatic heterocycles. The van der Waals surface area contributed by atoms with E-state index in [1.807, 2.05) is 0 Å². The molecule has 0 saturated heterocycles. The summed E-state index contributed by atoms with van der Waals surface area (Å²) >= 11 is 0. The second kappa shape index (κ2) is 7.48. The molecule has 1 nitrogen and oxygen atoms in total. The van der Waals surface area contributed by atoms with Gasteiger partial charge in [-0.25, -0.2) is 0 Å². The minimum absolute atomic E-state index is 0.102. The number of ketones is 1. The van der Waals surface area contributed by atoms with Crippen LogP contribution in [0.25, 0.3) is 0 Å². The predicted octanol–water partition coefficient (Wildman–Crippen LogP) is 5.37. The van der Waals surface area contributed by atoms with Crippen LogP contribution in [0.3, 0.4) is 0 Å². The van der Waals surface area contributed by atoms with Gasteiger partial charge < -0.3 is 0 Å². The lowest BCUT2D eigenvalue weighted by Crippen LogP contribution is -2.64. The Kier molecular flexibility index (Phi) is 5.18. The Morgan fingerprint density at radius 1 is 0.857 bits per heavy atom. The number of carbonyl (C=O) groups excluding carboxylic acids is 1. The lowest BCUT2D eigenvalue weighted by Gasteiger charge is -2.44. The Morgan fingerprint density at radius 3 is 1.89 bits per heavy atom. The number of hydrogen-bond donors (Lipinski definition) is 0. The van der Waals surface area contributed by atoms with Gasteiger partial charge in [0.25, 0.3) is 0 Å². The molecule has 0 radical (unpaired) electrons. The van der Waals surface area contributed by atoms with E-state index in [4.69, 9.17) is 0 Å². The quantitative estimate of drug-likeness (QED) is 0.644. The summed E-state index contributed by atoms with van der Waals surface area (Å²) < 4.78 is 0. The van der Waals surface area contributed by atoms with E-state index in [0.717, 1.165) is 18.0 Å². The molecule has 2 heteroatoms. The highest BCUT2D eigenvalue weighted by atomic mass is 28.3. The van der Waals surface area contributed by atoms with Crippen LogP contribution < -0.4 is 10.4 Å². The topological polar surface area (TPSA) is 17.1 Å². The minimum Gasteiger partial charge on any atom is -0.294 e. The largest absolute Gasteiger partial charge is 0.294 e. The molecular formula is C26H32OSi. The lowest BCUT2D eigenvalue weighted by atomic mass is 9.81. The summed E-state index contributed by atoms with van der Waals surface area (Å²) in [5.41, 5.74) is 1.13. The average molecular weight is 389 g/mol. The molecule has 2 aromatic carbocycles. The minimum atomic E-state index is -2.21. The van der Waals surface area contributed by atoms with Gasteiger partial charge in [-0.05, 0) is 35.4 Å². The monoisotopic (exact) mass is 388 g/mol. The van der Waals surface area contributed by atoms with Crippen molar-refractivity contribution < 1.29 is 4.79 Å². The fourth-order valence-electron chi connectivity index (χ4n) is 5.64. The van der Waals surface area contributed by atoms with Gasteiger partial charge in [0.2, 0.25) is 0 Å². The fraction of sp³-hybridized carbons (Fsp3) is 0.423. The van der Waals surface area contributed by atoms with Gasteiger partial charge >= 0.3 is 0 Å². The van der Waals surface area contributed by atoms with Crippen LogP contribution in [-0.2, 0) is 4.79 Å². The van der Waals surface area contributed by atoms with Crippen molar-refractivity contribution >= 4 is 24.2 Å². The third-order valence-corrected chi connectivity index (χ3v) is 13.3. The van der Waals surface area contributed by atoms with Gasteiger partial charge in [0, 0.05) is 5.92 Å². The molecule has 146 valence electrons. The highest BCUT2D eigenvalue weighted by Gasteiger charge is 2.50. The van der Waals surface area contributed by atoms with Crippen LogP contribution in [0.1, 0.15) is 46.5 Å². The van der Waals surface area contributed by atoms with Crippen molar-refractivity contribution in [2.75, 3.05) is 0 Å². The van der Waals surface area contributed by atoms with Crippen molar-refractivity contribution in [1.82, 2.24) is 0 Å². The van der Waals surface area contributed by atoms with Crippen LogP contribution in [0.2, 0.25) is 11.1 Å². The SMILES string of the molecule is CC(C)(C)[Si](CC1=C[C@H]2CCCC[C@H]2C1=O)(c1ccccc1)c1ccccc1. The number of hydrogen-bond acceptors (Lipinski definition) is 1. The molecule has 0 spiro atoms. The standard InChI is InChI=1S/C26H32OSi/c1-26(2,3)28(22-13-6-4-7-14-22,23-15-8-5-9-16-23)19-21-18-20-12-10-11-17-24(20)25(21)27/h4-9,13-16,18,20,24H,10-12,17,19H2,1-3H3/t20-,24-/m1/s1. The van der Waals surface area contributed by atoms with E-state index in [1.165, 1.54) is 29.6 Å². The molecule has 2 aliphatic rings. The molecule has 0 aromatic heterocycles. The Balaban J connectivity index is 1.85. The predicted molar refractivity (Wildman–Crippen MR) is 121 cm³/mol. The molecule has 28 heavy (non-hydrogen) atoms. The first kappa shape index (κ1) is 19.4. The summed E-state index contributed by atoms with van der Waals surface area (Å²) in [7, 11) is -2.21. The first-order valence-electron chi connectivity index (χ1n) is 10.8. The maximum Gasteiger partial charge on any atom is 0.161 e. The number of rotatable bonds is 4. The van der Waals surface area contributed by atoms with Crippen molar-refractivity contribution in [3.8, 4) is 0 Å². The molecule has 2 atom stereocenters. The van der Waals surface area contributed by atoms with Crippen molar-refractivity contribution in [2.24, 2.45) is 11.8 Å². The Morgan fingerprint density at radius 2 is 1.39 bits per heavy atom. The van der Waals surface area contributed by atoms with E-state index in [2.05, 4.69) is 87.5 Å². The van der Waals surface area contributed by atoms with Gasteiger partial charge in [-0.3, -0.25) is 4.79 Å². The first-order valence-corrected chi connectivity index (χ1v) is 13.0. The van der Waals surface area contributed by atoms with E-state index in [9.17, 15) is 4.79 Å². The fourth-order valence-corrected chi connectivity index (χ4v) is 11.0. The number of carbonyl (C=O) groups is 1. The zero-order valence-electron chi connectivity index (χ0n) is 17.4. The van der Waals surface area contributed by atoms with Crippen LogP contribution in [0.4, 0.5) is 0 Å². The third-order valence-electron chi connectivity index (χ3n) is 7.16. The average Bonchev–Trinajstić information content (AvgIpc) is 3.02. The van der Waals surface area contributed by atoms with Crippen molar-refractivity contribution in [2.45, 2.75) is 57.5 Å². The zero-order valence-corrected chi connectivity index (χ0v) is 18.4. The van der Waals surface area contributed by atoms with Gasteiger partial charge in [0.05, 0.1) is 0 Å². The molecule has 0 unspecified atom stereocenters. The van der Waals surface area contributed by atoms with Crippen LogP contribution in [0.15, 0.2) is 72.3 Å². The second-order valence-corrected chi connectivity index (χ2v) is 14.5. The highest BCUT2D eigenvalue weighted by Crippen LogP contribution is 2.45. The van der Waals surface area contributed by atoms with Crippen LogP contribution in [-0.4, -0.2) is 13.9 Å². The number of fused-ring (bicyclic) bond motifs is 1. The Labute approximate surface area is 170 Å². The summed E-state index contributed by atoms with van der Waals surface area (Å²) in [6.45, 7) is 7.14. The molecule has 0 bridgehead atoms. The van der Waals surface area contributed by atoms with Gasteiger partial charge in [0.15, 0.2) is 5.78 Å². The summed E-state index contributed by atoms with van der Waals surface area (Å²) in [6.07, 6.45) is 7.15. The summed E-state index contributed by atoms with van der Waals surface area (Å²) in [4.78, 5) is 13.4. The molecule has 1 fully saturated rings.